The number of unbranched alkanes of at least 4 members (excludes halogenated alkanes) is 1. The average Bonchev–Trinajstić information content (AvgIpc) is 2.69. The summed E-state index contributed by atoms with van der Waals surface area (Å²) in [5.74, 6) is 0.870. The zero-order valence-corrected chi connectivity index (χ0v) is 14.1. The lowest BCUT2D eigenvalue weighted by Gasteiger charge is -2.15. The molecule has 0 bridgehead atoms. The van der Waals surface area contributed by atoms with Gasteiger partial charge in [0.05, 0.1) is 0 Å². The molecule has 1 rings (SSSR count). The normalized spacial score (nSPS) is 20.2. The van der Waals surface area contributed by atoms with E-state index in [4.69, 9.17) is 0 Å². The van der Waals surface area contributed by atoms with E-state index in [0.29, 0.717) is 0 Å². The summed E-state index contributed by atoms with van der Waals surface area (Å²) in [6.45, 7) is 12.9. The molecule has 0 aromatic carbocycles. The molecule has 0 saturated carbocycles. The summed E-state index contributed by atoms with van der Waals surface area (Å²) in [6, 6.07) is 0. The Balaban J connectivity index is 0. The van der Waals surface area contributed by atoms with E-state index >= 15 is 0 Å². The Morgan fingerprint density at radius 2 is 2.06 bits per heavy atom. The Morgan fingerprint density at radius 1 is 1.44 bits per heavy atom. The van der Waals surface area contributed by atoms with Gasteiger partial charge in [-0.05, 0) is 30.1 Å². The first-order valence-corrected chi connectivity index (χ1v) is 7.02. The highest BCUT2D eigenvalue weighted by Crippen LogP contribution is 2.39. The molecule has 1 aliphatic rings. The first-order chi connectivity index (χ1) is 7.27. The van der Waals surface area contributed by atoms with Gasteiger partial charge in [0.1, 0.15) is 0 Å². The molecule has 0 nitrogen and oxygen atoms in total. The standard InChI is InChI=1S/C12H22S.C2H4.HI/c1-4-6-7-11(5-2)12-9-8-10(3)13-12;1-2;/h9-11H,4-8H2,1-3H3;1-2H2;1H. The van der Waals surface area contributed by atoms with E-state index in [-0.39, 0.29) is 24.0 Å². The van der Waals surface area contributed by atoms with Crippen LogP contribution in [0.4, 0.5) is 0 Å². The van der Waals surface area contributed by atoms with E-state index in [2.05, 4.69) is 51.8 Å². The minimum Gasteiger partial charge on any atom is -0.127 e. The van der Waals surface area contributed by atoms with Gasteiger partial charge in [0.15, 0.2) is 0 Å². The van der Waals surface area contributed by atoms with Crippen molar-refractivity contribution in [2.75, 3.05) is 0 Å². The fourth-order valence-electron chi connectivity index (χ4n) is 1.87. The van der Waals surface area contributed by atoms with Crippen molar-refractivity contribution in [2.45, 2.75) is 58.1 Å². The quantitative estimate of drug-likeness (QED) is 0.429. The van der Waals surface area contributed by atoms with E-state index in [1.807, 2.05) is 0 Å². The molecular formula is C14H27IS. The molecule has 0 radical (unpaired) electrons. The molecule has 96 valence electrons. The van der Waals surface area contributed by atoms with E-state index in [1.165, 1.54) is 32.1 Å². The molecule has 0 saturated heterocycles. The maximum Gasteiger partial charge on any atom is 0.00977 e. The third-order valence-electron chi connectivity index (χ3n) is 2.79. The molecule has 2 atom stereocenters. The molecule has 16 heavy (non-hydrogen) atoms. The van der Waals surface area contributed by atoms with Crippen LogP contribution in [-0.4, -0.2) is 5.25 Å². The average molecular weight is 354 g/mol. The predicted molar refractivity (Wildman–Crippen MR) is 89.7 cm³/mol. The van der Waals surface area contributed by atoms with Crippen molar-refractivity contribution in [3.8, 4) is 0 Å². The number of allylic oxidation sites excluding steroid dienone is 2. The molecule has 0 fully saturated rings. The summed E-state index contributed by atoms with van der Waals surface area (Å²) in [7, 11) is 0. The Hall–Kier alpha value is 0.560. The zero-order valence-electron chi connectivity index (χ0n) is 11.0. The van der Waals surface area contributed by atoms with Crippen molar-refractivity contribution in [1.82, 2.24) is 0 Å². The Labute approximate surface area is 123 Å². The van der Waals surface area contributed by atoms with Crippen LogP contribution >= 0.6 is 35.7 Å². The monoisotopic (exact) mass is 354 g/mol. The lowest BCUT2D eigenvalue weighted by molar-refractivity contribution is 0.533. The summed E-state index contributed by atoms with van der Waals surface area (Å²) in [6.07, 6.45) is 9.22. The van der Waals surface area contributed by atoms with Crippen LogP contribution in [0.5, 0.6) is 0 Å². The number of thioether (sulfide) groups is 1. The predicted octanol–water partition coefficient (Wildman–Crippen LogP) is 6.03. The Morgan fingerprint density at radius 3 is 2.44 bits per heavy atom. The van der Waals surface area contributed by atoms with Gasteiger partial charge in [-0.15, -0.1) is 48.9 Å². The van der Waals surface area contributed by atoms with Crippen molar-refractivity contribution in [3.05, 3.63) is 24.1 Å². The highest BCUT2D eigenvalue weighted by Gasteiger charge is 2.19. The molecule has 0 N–H and O–H groups in total. The Bertz CT molecular complexity index is 189. The van der Waals surface area contributed by atoms with Crippen LogP contribution in [-0.2, 0) is 0 Å². The van der Waals surface area contributed by atoms with Gasteiger partial charge in [-0.2, -0.15) is 0 Å². The van der Waals surface area contributed by atoms with Crippen molar-refractivity contribution < 1.29 is 0 Å². The third kappa shape index (κ3) is 7.00. The lowest BCUT2D eigenvalue weighted by atomic mass is 9.98. The summed E-state index contributed by atoms with van der Waals surface area (Å²) >= 11 is 2.11. The van der Waals surface area contributed by atoms with Gasteiger partial charge in [0, 0.05) is 5.25 Å². The third-order valence-corrected chi connectivity index (χ3v) is 4.16. The van der Waals surface area contributed by atoms with Gasteiger partial charge < -0.3 is 0 Å². The zero-order chi connectivity index (χ0) is 11.7. The van der Waals surface area contributed by atoms with Gasteiger partial charge in [0.25, 0.3) is 0 Å². The molecule has 1 aliphatic heterocycles. The first-order valence-electron chi connectivity index (χ1n) is 6.14. The number of hydrogen-bond donors (Lipinski definition) is 0. The van der Waals surface area contributed by atoms with Crippen LogP contribution in [0.3, 0.4) is 0 Å². The maximum absolute atomic E-state index is 3.00. The fraction of sp³-hybridized carbons (Fsp3) is 0.714. The molecule has 0 aromatic rings. The van der Waals surface area contributed by atoms with Crippen LogP contribution < -0.4 is 0 Å². The molecule has 0 aliphatic carbocycles. The highest BCUT2D eigenvalue weighted by molar-refractivity contribution is 14.0. The first kappa shape index (κ1) is 18.9. The second-order valence-corrected chi connectivity index (χ2v) is 5.53. The SMILES string of the molecule is C=C.CCCCC(CC)C1=CCC(C)S1.I. The van der Waals surface area contributed by atoms with E-state index < -0.39 is 0 Å². The fourth-order valence-corrected chi connectivity index (χ4v) is 3.20. The van der Waals surface area contributed by atoms with E-state index in [1.54, 1.807) is 4.91 Å². The number of halogens is 1. The topological polar surface area (TPSA) is 0 Å². The number of rotatable bonds is 5. The van der Waals surface area contributed by atoms with Gasteiger partial charge in [-0.25, -0.2) is 0 Å². The minimum atomic E-state index is 0. The smallest absolute Gasteiger partial charge is 0.00977 e. The molecule has 1 heterocycles. The lowest BCUT2D eigenvalue weighted by Crippen LogP contribution is -1.99. The summed E-state index contributed by atoms with van der Waals surface area (Å²) < 4.78 is 0. The second kappa shape index (κ2) is 12.0. The summed E-state index contributed by atoms with van der Waals surface area (Å²) in [4.78, 5) is 1.68. The highest BCUT2D eigenvalue weighted by atomic mass is 127. The molecule has 0 amide bonds. The van der Waals surface area contributed by atoms with Gasteiger partial charge in [-0.1, -0.05) is 39.7 Å². The van der Waals surface area contributed by atoms with Crippen molar-refractivity contribution in [2.24, 2.45) is 5.92 Å². The van der Waals surface area contributed by atoms with Crippen molar-refractivity contribution in [3.63, 3.8) is 0 Å². The second-order valence-electron chi connectivity index (χ2n) is 4.02. The van der Waals surface area contributed by atoms with Crippen LogP contribution in [0.25, 0.3) is 0 Å². The maximum atomic E-state index is 3.00. The van der Waals surface area contributed by atoms with Gasteiger partial charge in [-0.3, -0.25) is 0 Å². The number of hydrogen-bond acceptors (Lipinski definition) is 1. The van der Waals surface area contributed by atoms with E-state index in [0.717, 1.165) is 11.2 Å². The molecule has 0 spiro atoms. The molecule has 0 aromatic heterocycles. The van der Waals surface area contributed by atoms with Crippen molar-refractivity contribution >= 4 is 35.7 Å². The van der Waals surface area contributed by atoms with Crippen molar-refractivity contribution in [1.29, 1.82) is 0 Å². The largest absolute Gasteiger partial charge is 0.127 e. The van der Waals surface area contributed by atoms with Crippen LogP contribution in [0.2, 0.25) is 0 Å². The van der Waals surface area contributed by atoms with Gasteiger partial charge in [0.2, 0.25) is 0 Å². The van der Waals surface area contributed by atoms with Gasteiger partial charge >= 0.3 is 0 Å². The van der Waals surface area contributed by atoms with Crippen LogP contribution in [0, 0.1) is 5.92 Å². The molecule has 2 unspecified atom stereocenters. The summed E-state index contributed by atoms with van der Waals surface area (Å²) in [5.41, 5.74) is 0. The van der Waals surface area contributed by atoms with Crippen LogP contribution in [0.15, 0.2) is 24.1 Å². The molecular weight excluding hydrogens is 327 g/mol. The van der Waals surface area contributed by atoms with Crippen LogP contribution in [0.1, 0.15) is 52.9 Å². The molecule has 2 heteroatoms. The summed E-state index contributed by atoms with van der Waals surface area (Å²) in [5, 5.41) is 0.839. The Kier molecular flexibility index (Phi) is 14.2. The van der Waals surface area contributed by atoms with E-state index in [9.17, 15) is 0 Å². The minimum absolute atomic E-state index is 0.